The third-order valence-corrected chi connectivity index (χ3v) is 1.44. The van der Waals surface area contributed by atoms with Crippen molar-refractivity contribution in [3.63, 3.8) is 0 Å². The highest BCUT2D eigenvalue weighted by atomic mass is 16.6. The van der Waals surface area contributed by atoms with Gasteiger partial charge in [-0.3, -0.25) is 5.10 Å². The molecule has 11 heavy (non-hydrogen) atoms. The first-order valence-corrected chi connectivity index (χ1v) is 3.68. The fraction of sp³-hybridized carbons (Fsp3) is 0.571. The van der Waals surface area contributed by atoms with Crippen LogP contribution in [-0.2, 0) is 11.4 Å². The molecule has 0 fully saturated rings. The van der Waals surface area contributed by atoms with Crippen molar-refractivity contribution in [2.75, 3.05) is 6.61 Å². The van der Waals surface area contributed by atoms with E-state index in [0.717, 1.165) is 11.3 Å². The molecule has 0 aromatic carbocycles. The molecule has 1 heterocycles. The van der Waals surface area contributed by atoms with E-state index >= 15 is 0 Å². The van der Waals surface area contributed by atoms with E-state index in [4.69, 9.17) is 4.84 Å². The molecule has 62 valence electrons. The first-order valence-electron chi connectivity index (χ1n) is 3.68. The zero-order valence-corrected chi connectivity index (χ0v) is 6.85. The summed E-state index contributed by atoms with van der Waals surface area (Å²) in [6.45, 7) is 5.30. The maximum Gasteiger partial charge on any atom is 0.0654 e. The Morgan fingerprint density at radius 2 is 2.55 bits per heavy atom. The van der Waals surface area contributed by atoms with Gasteiger partial charge in [0.1, 0.15) is 0 Å². The van der Waals surface area contributed by atoms with E-state index in [2.05, 4.69) is 15.7 Å². The van der Waals surface area contributed by atoms with Gasteiger partial charge in [0, 0.05) is 17.8 Å². The summed E-state index contributed by atoms with van der Waals surface area (Å²) in [5.74, 6) is 0. The molecule has 1 aromatic rings. The number of H-pyrrole nitrogens is 1. The second-order valence-electron chi connectivity index (χ2n) is 2.27. The lowest BCUT2D eigenvalue weighted by Gasteiger charge is -2.00. The molecule has 0 atom stereocenters. The Bertz CT molecular complexity index is 209. The SMILES string of the molecule is CCONCc1cn[nH]c1C. The first-order chi connectivity index (χ1) is 5.34. The highest BCUT2D eigenvalue weighted by Crippen LogP contribution is 2.00. The molecule has 0 unspecified atom stereocenters. The molecule has 1 aromatic heterocycles. The number of aryl methyl sites for hydroxylation is 1. The van der Waals surface area contributed by atoms with E-state index in [1.807, 2.05) is 13.8 Å². The fourth-order valence-corrected chi connectivity index (χ4v) is 0.785. The second kappa shape index (κ2) is 4.10. The minimum Gasteiger partial charge on any atom is -0.302 e. The number of aromatic amines is 1. The van der Waals surface area contributed by atoms with Crippen LogP contribution in [0.4, 0.5) is 0 Å². The summed E-state index contributed by atoms with van der Waals surface area (Å²) in [7, 11) is 0. The molecule has 0 saturated heterocycles. The Morgan fingerprint density at radius 1 is 1.73 bits per heavy atom. The van der Waals surface area contributed by atoms with Crippen molar-refractivity contribution in [3.05, 3.63) is 17.5 Å². The maximum atomic E-state index is 4.97. The standard InChI is InChI=1S/C7H13N3O/c1-3-11-9-5-7-4-8-10-6(7)2/h4,9H,3,5H2,1-2H3,(H,8,10). The number of rotatable bonds is 4. The lowest BCUT2D eigenvalue weighted by Crippen LogP contribution is -2.13. The van der Waals surface area contributed by atoms with E-state index in [-0.39, 0.29) is 0 Å². The van der Waals surface area contributed by atoms with Crippen molar-refractivity contribution in [1.29, 1.82) is 0 Å². The summed E-state index contributed by atoms with van der Waals surface area (Å²) < 4.78 is 0. The Hall–Kier alpha value is -0.870. The topological polar surface area (TPSA) is 49.9 Å². The third-order valence-electron chi connectivity index (χ3n) is 1.44. The minimum atomic E-state index is 0.677. The Balaban J connectivity index is 2.32. The fourth-order valence-electron chi connectivity index (χ4n) is 0.785. The molecular formula is C7H13N3O. The number of nitrogens with one attached hydrogen (secondary N) is 2. The van der Waals surface area contributed by atoms with Crippen LogP contribution in [0.3, 0.4) is 0 Å². The van der Waals surface area contributed by atoms with Crippen LogP contribution in [0.5, 0.6) is 0 Å². The van der Waals surface area contributed by atoms with E-state index in [1.54, 1.807) is 6.20 Å². The zero-order valence-electron chi connectivity index (χ0n) is 6.85. The molecule has 0 radical (unpaired) electrons. The summed E-state index contributed by atoms with van der Waals surface area (Å²) in [6.07, 6.45) is 1.79. The molecule has 2 N–H and O–H groups in total. The summed E-state index contributed by atoms with van der Waals surface area (Å²) in [5, 5.41) is 6.73. The van der Waals surface area contributed by atoms with E-state index in [9.17, 15) is 0 Å². The average molecular weight is 155 g/mol. The number of hydroxylamine groups is 1. The molecule has 0 bridgehead atoms. The normalized spacial score (nSPS) is 10.4. The van der Waals surface area contributed by atoms with Crippen LogP contribution in [0.15, 0.2) is 6.20 Å². The van der Waals surface area contributed by atoms with Gasteiger partial charge in [-0.25, -0.2) is 0 Å². The molecule has 4 nitrogen and oxygen atoms in total. The highest BCUT2D eigenvalue weighted by molar-refractivity contribution is 5.13. The largest absolute Gasteiger partial charge is 0.302 e. The molecule has 4 heteroatoms. The van der Waals surface area contributed by atoms with Gasteiger partial charge in [0.25, 0.3) is 0 Å². The number of hydrogen-bond donors (Lipinski definition) is 2. The van der Waals surface area contributed by atoms with E-state index in [0.29, 0.717) is 13.2 Å². The van der Waals surface area contributed by atoms with E-state index in [1.165, 1.54) is 0 Å². The first kappa shape index (κ1) is 8.23. The molecule has 0 amide bonds. The summed E-state index contributed by atoms with van der Waals surface area (Å²) in [6, 6.07) is 0. The van der Waals surface area contributed by atoms with E-state index < -0.39 is 0 Å². The van der Waals surface area contributed by atoms with Crippen LogP contribution in [-0.4, -0.2) is 16.8 Å². The van der Waals surface area contributed by atoms with Crippen molar-refractivity contribution in [1.82, 2.24) is 15.7 Å². The van der Waals surface area contributed by atoms with Gasteiger partial charge >= 0.3 is 0 Å². The monoisotopic (exact) mass is 155 g/mol. The molecule has 0 aliphatic rings. The lowest BCUT2D eigenvalue weighted by atomic mass is 10.3. The van der Waals surface area contributed by atoms with Gasteiger partial charge in [-0.1, -0.05) is 0 Å². The lowest BCUT2D eigenvalue weighted by molar-refractivity contribution is 0.0462. The average Bonchev–Trinajstić information content (AvgIpc) is 2.37. The second-order valence-corrected chi connectivity index (χ2v) is 2.27. The predicted octanol–water partition coefficient (Wildman–Crippen LogP) is 0.759. The molecule has 1 rings (SSSR count). The van der Waals surface area contributed by atoms with Gasteiger partial charge in [0.2, 0.25) is 0 Å². The summed E-state index contributed by atoms with van der Waals surface area (Å²) in [4.78, 5) is 4.97. The van der Waals surface area contributed by atoms with Crippen LogP contribution in [0.25, 0.3) is 0 Å². The van der Waals surface area contributed by atoms with Crippen LogP contribution in [0.1, 0.15) is 18.2 Å². The number of nitrogens with zero attached hydrogens (tertiary/aromatic N) is 1. The van der Waals surface area contributed by atoms with Gasteiger partial charge in [-0.05, 0) is 13.8 Å². The number of hydrogen-bond acceptors (Lipinski definition) is 3. The smallest absolute Gasteiger partial charge is 0.0654 e. The van der Waals surface area contributed by atoms with Gasteiger partial charge in [-0.15, -0.1) is 0 Å². The van der Waals surface area contributed by atoms with Crippen molar-refractivity contribution < 1.29 is 4.84 Å². The van der Waals surface area contributed by atoms with Crippen LogP contribution >= 0.6 is 0 Å². The molecular weight excluding hydrogens is 142 g/mol. The minimum absolute atomic E-state index is 0.677. The van der Waals surface area contributed by atoms with Crippen molar-refractivity contribution in [2.24, 2.45) is 0 Å². The van der Waals surface area contributed by atoms with Gasteiger partial charge in [0.15, 0.2) is 0 Å². The molecule has 0 aliphatic carbocycles. The number of aromatic nitrogens is 2. The van der Waals surface area contributed by atoms with Gasteiger partial charge in [0.05, 0.1) is 12.8 Å². The maximum absolute atomic E-state index is 4.97. The summed E-state index contributed by atoms with van der Waals surface area (Å²) >= 11 is 0. The van der Waals surface area contributed by atoms with Gasteiger partial charge < -0.3 is 4.84 Å². The Kier molecular flexibility index (Phi) is 3.07. The third kappa shape index (κ3) is 2.32. The molecule has 0 aliphatic heterocycles. The molecule has 0 saturated carbocycles. The predicted molar refractivity (Wildman–Crippen MR) is 41.8 cm³/mol. The Labute approximate surface area is 65.9 Å². The Morgan fingerprint density at radius 3 is 3.09 bits per heavy atom. The van der Waals surface area contributed by atoms with Crippen molar-refractivity contribution in [3.8, 4) is 0 Å². The quantitative estimate of drug-likeness (QED) is 0.498. The zero-order chi connectivity index (χ0) is 8.10. The van der Waals surface area contributed by atoms with Gasteiger partial charge in [-0.2, -0.15) is 10.6 Å². The van der Waals surface area contributed by atoms with Crippen LogP contribution in [0.2, 0.25) is 0 Å². The van der Waals surface area contributed by atoms with Crippen molar-refractivity contribution in [2.45, 2.75) is 20.4 Å². The summed E-state index contributed by atoms with van der Waals surface area (Å²) in [5.41, 5.74) is 5.04. The van der Waals surface area contributed by atoms with Crippen molar-refractivity contribution >= 4 is 0 Å². The van der Waals surface area contributed by atoms with Crippen LogP contribution in [0, 0.1) is 6.92 Å². The molecule has 0 spiro atoms. The van der Waals surface area contributed by atoms with Crippen LogP contribution < -0.4 is 5.48 Å². The highest BCUT2D eigenvalue weighted by Gasteiger charge is 1.97.